The van der Waals surface area contributed by atoms with E-state index >= 15 is 0 Å². The highest BCUT2D eigenvalue weighted by molar-refractivity contribution is 5.74. The number of ether oxygens (including phenoxy) is 2. The molecule has 1 amide bonds. The summed E-state index contributed by atoms with van der Waals surface area (Å²) in [6.07, 6.45) is -2.71. The molecule has 0 radical (unpaired) electrons. The Kier molecular flexibility index (Phi) is 5.60. The van der Waals surface area contributed by atoms with Gasteiger partial charge in [0.05, 0.1) is 5.56 Å². The van der Waals surface area contributed by atoms with Crippen LogP contribution in [0.25, 0.3) is 0 Å². The van der Waals surface area contributed by atoms with Gasteiger partial charge in [-0.05, 0) is 57.1 Å². The Balaban J connectivity index is 1.60. The van der Waals surface area contributed by atoms with E-state index in [1.165, 1.54) is 12.1 Å². The van der Waals surface area contributed by atoms with Crippen LogP contribution in [0.4, 0.5) is 13.2 Å². The second-order valence-corrected chi connectivity index (χ2v) is 8.22. The number of alkyl halides is 3. The highest BCUT2D eigenvalue weighted by Gasteiger charge is 2.51. The summed E-state index contributed by atoms with van der Waals surface area (Å²) < 4.78 is 51.8. The maximum absolute atomic E-state index is 13.1. The van der Waals surface area contributed by atoms with E-state index in [9.17, 15) is 18.0 Å². The lowest BCUT2D eigenvalue weighted by Gasteiger charge is -2.42. The number of rotatable bonds is 5. The summed E-state index contributed by atoms with van der Waals surface area (Å²) in [6.45, 7) is 3.39. The largest absolute Gasteiger partial charge is 0.444 e. The topological polar surface area (TPSA) is 64.8 Å². The number of primary amides is 1. The number of hydrogen-bond donors (Lipinski definition) is 1. The van der Waals surface area contributed by atoms with Crippen LogP contribution in [0.3, 0.4) is 0 Å². The predicted octanol–water partition coefficient (Wildman–Crippen LogP) is 4.31. The Morgan fingerprint density at radius 2 is 1.65 bits per heavy atom. The van der Waals surface area contributed by atoms with Crippen molar-refractivity contribution in [3.05, 3.63) is 59.7 Å². The molecule has 1 atom stereocenters. The second-order valence-electron chi connectivity index (χ2n) is 8.22. The van der Waals surface area contributed by atoms with Crippen LogP contribution in [0.5, 0.6) is 11.5 Å². The van der Waals surface area contributed by atoms with E-state index in [-0.39, 0.29) is 24.3 Å². The van der Waals surface area contributed by atoms with Gasteiger partial charge in [-0.3, -0.25) is 4.79 Å². The van der Waals surface area contributed by atoms with Crippen LogP contribution < -0.4 is 15.2 Å². The van der Waals surface area contributed by atoms with Crippen molar-refractivity contribution in [2.24, 2.45) is 11.7 Å². The molecule has 0 aliphatic carbocycles. The first kappa shape index (κ1) is 21.5. The molecule has 2 aliphatic heterocycles. The predicted molar refractivity (Wildman–Crippen MR) is 108 cm³/mol. The number of amides is 1. The van der Waals surface area contributed by atoms with Crippen molar-refractivity contribution < 1.29 is 27.4 Å². The van der Waals surface area contributed by atoms with Crippen molar-refractivity contribution in [3.8, 4) is 11.5 Å². The number of carbonyl (C=O) groups is 1. The molecule has 2 aromatic rings. The van der Waals surface area contributed by atoms with Gasteiger partial charge >= 0.3 is 6.18 Å². The van der Waals surface area contributed by atoms with Gasteiger partial charge in [0, 0.05) is 23.9 Å². The molecule has 0 bridgehead atoms. The van der Waals surface area contributed by atoms with Crippen molar-refractivity contribution in [1.82, 2.24) is 4.90 Å². The number of likely N-dealkylation sites (tertiary alicyclic amines) is 1. The minimum atomic E-state index is -4.41. The fraction of sp³-hybridized carbons (Fsp3) is 0.435. The average Bonchev–Trinajstić information content (AvgIpc) is 3.14. The zero-order valence-electron chi connectivity index (χ0n) is 17.2. The average molecular weight is 434 g/mol. The molecule has 2 aliphatic rings. The van der Waals surface area contributed by atoms with Crippen LogP contribution in [-0.4, -0.2) is 29.9 Å². The van der Waals surface area contributed by atoms with Crippen LogP contribution in [0.1, 0.15) is 37.3 Å². The quantitative estimate of drug-likeness (QED) is 0.762. The zero-order valence-corrected chi connectivity index (χ0v) is 17.2. The van der Waals surface area contributed by atoms with Crippen LogP contribution >= 0.6 is 0 Å². The number of nitrogens with zero attached hydrogens (tertiary/aromatic N) is 1. The second kappa shape index (κ2) is 8.07. The Hall–Kier alpha value is -2.74. The molecular formula is C23H25F3N2O3. The lowest BCUT2D eigenvalue weighted by atomic mass is 9.83. The maximum Gasteiger partial charge on any atom is 0.416 e. The van der Waals surface area contributed by atoms with E-state index < -0.39 is 17.5 Å². The standard InChI is InChI=1S/C23H25F3N2O3/c1-15(14-21(27)29)28-12-10-17(11-13-28)22(30-19-4-2-3-5-20(19)31-22)16-6-8-18(9-7-16)23(24,25)26/h2-9,15,17H,10-14H2,1H3,(H2,27,29). The van der Waals surface area contributed by atoms with E-state index in [1.54, 1.807) is 12.1 Å². The van der Waals surface area contributed by atoms with Crippen molar-refractivity contribution in [2.75, 3.05) is 13.1 Å². The van der Waals surface area contributed by atoms with Crippen molar-refractivity contribution >= 4 is 5.91 Å². The van der Waals surface area contributed by atoms with Gasteiger partial charge < -0.3 is 20.1 Å². The van der Waals surface area contributed by atoms with E-state index in [0.29, 0.717) is 43.0 Å². The van der Waals surface area contributed by atoms with Gasteiger partial charge in [0.25, 0.3) is 5.79 Å². The van der Waals surface area contributed by atoms with Crippen LogP contribution in [0.2, 0.25) is 0 Å². The Morgan fingerprint density at radius 1 is 1.10 bits per heavy atom. The Bertz CT molecular complexity index is 913. The highest BCUT2D eigenvalue weighted by Crippen LogP contribution is 2.50. The number of benzene rings is 2. The summed E-state index contributed by atoms with van der Waals surface area (Å²) in [5, 5.41) is 0. The zero-order chi connectivity index (χ0) is 22.2. The number of fused-ring (bicyclic) bond motifs is 1. The highest BCUT2D eigenvalue weighted by atomic mass is 19.4. The molecule has 0 saturated carbocycles. The van der Waals surface area contributed by atoms with Crippen LogP contribution in [-0.2, 0) is 16.8 Å². The third-order valence-corrected chi connectivity index (χ3v) is 6.17. The van der Waals surface area contributed by atoms with Gasteiger partial charge in [-0.2, -0.15) is 13.2 Å². The third-order valence-electron chi connectivity index (χ3n) is 6.17. The summed E-state index contributed by atoms with van der Waals surface area (Å²) >= 11 is 0. The third kappa shape index (κ3) is 4.21. The fourth-order valence-electron chi connectivity index (χ4n) is 4.52. The lowest BCUT2D eigenvalue weighted by molar-refractivity contribution is -0.150. The molecular weight excluding hydrogens is 409 g/mol. The van der Waals surface area contributed by atoms with Crippen molar-refractivity contribution in [3.63, 3.8) is 0 Å². The molecule has 31 heavy (non-hydrogen) atoms. The monoisotopic (exact) mass is 434 g/mol. The van der Waals surface area contributed by atoms with Crippen LogP contribution in [0, 0.1) is 5.92 Å². The lowest BCUT2D eigenvalue weighted by Crippen LogP contribution is -2.50. The van der Waals surface area contributed by atoms with E-state index in [0.717, 1.165) is 12.1 Å². The summed E-state index contributed by atoms with van der Waals surface area (Å²) in [6, 6.07) is 12.3. The first-order valence-electron chi connectivity index (χ1n) is 10.4. The molecule has 2 heterocycles. The molecule has 1 fully saturated rings. The summed E-state index contributed by atoms with van der Waals surface area (Å²) in [4.78, 5) is 13.5. The molecule has 1 saturated heterocycles. The summed E-state index contributed by atoms with van der Waals surface area (Å²) in [7, 11) is 0. The first-order valence-corrected chi connectivity index (χ1v) is 10.4. The number of carbonyl (C=O) groups excluding carboxylic acids is 1. The SMILES string of the molecule is CC(CC(N)=O)N1CCC(C2(c3ccc(C(F)(F)F)cc3)Oc3ccccc3O2)CC1. The maximum atomic E-state index is 13.1. The Morgan fingerprint density at radius 3 is 2.13 bits per heavy atom. The van der Waals surface area contributed by atoms with Gasteiger partial charge in [0.2, 0.25) is 5.91 Å². The van der Waals surface area contributed by atoms with Gasteiger partial charge in [-0.25, -0.2) is 0 Å². The minimum Gasteiger partial charge on any atom is -0.444 e. The van der Waals surface area contributed by atoms with E-state index in [1.807, 2.05) is 19.1 Å². The first-order chi connectivity index (χ1) is 14.7. The molecule has 8 heteroatoms. The fourth-order valence-corrected chi connectivity index (χ4v) is 4.52. The number of piperidine rings is 1. The van der Waals surface area contributed by atoms with Gasteiger partial charge in [-0.15, -0.1) is 0 Å². The van der Waals surface area contributed by atoms with Gasteiger partial charge in [0.1, 0.15) is 0 Å². The molecule has 0 spiro atoms. The molecule has 4 rings (SSSR count). The number of nitrogens with two attached hydrogens (primary N) is 1. The molecule has 0 aromatic heterocycles. The summed E-state index contributed by atoms with van der Waals surface area (Å²) in [5.41, 5.74) is 5.17. The minimum absolute atomic E-state index is 0.0306. The van der Waals surface area contributed by atoms with Gasteiger partial charge in [0.15, 0.2) is 11.5 Å². The Labute approximate surface area is 178 Å². The number of para-hydroxylation sites is 2. The van der Waals surface area contributed by atoms with E-state index in [2.05, 4.69) is 4.90 Å². The number of halogens is 3. The van der Waals surface area contributed by atoms with Crippen molar-refractivity contribution in [1.29, 1.82) is 0 Å². The molecule has 2 N–H and O–H groups in total. The van der Waals surface area contributed by atoms with Crippen molar-refractivity contribution in [2.45, 2.75) is 44.2 Å². The number of hydrogen-bond acceptors (Lipinski definition) is 4. The van der Waals surface area contributed by atoms with Gasteiger partial charge in [-0.1, -0.05) is 24.3 Å². The van der Waals surface area contributed by atoms with E-state index in [4.69, 9.17) is 15.2 Å². The molecule has 166 valence electrons. The smallest absolute Gasteiger partial charge is 0.416 e. The van der Waals surface area contributed by atoms with Crippen LogP contribution in [0.15, 0.2) is 48.5 Å². The molecule has 1 unspecified atom stereocenters. The molecule has 5 nitrogen and oxygen atoms in total. The normalized spacial score (nSPS) is 19.9. The molecule has 2 aromatic carbocycles. The summed E-state index contributed by atoms with van der Waals surface area (Å²) in [5.74, 6) is -0.450.